The molecule has 0 radical (unpaired) electrons. The van der Waals surface area contributed by atoms with Gasteiger partial charge in [-0.15, -0.1) is 0 Å². The van der Waals surface area contributed by atoms with E-state index in [4.69, 9.17) is 4.74 Å². The highest BCUT2D eigenvalue weighted by Crippen LogP contribution is 2.28. The third-order valence-corrected chi connectivity index (χ3v) is 4.97. The van der Waals surface area contributed by atoms with Gasteiger partial charge in [-0.1, -0.05) is 30.3 Å². The van der Waals surface area contributed by atoms with Crippen LogP contribution in [0.1, 0.15) is 27.3 Å². The van der Waals surface area contributed by atoms with Crippen molar-refractivity contribution in [2.24, 2.45) is 0 Å². The fraction of sp³-hybridized carbons (Fsp3) is 0.227. The normalized spacial score (nSPS) is 15.3. The van der Waals surface area contributed by atoms with Crippen LogP contribution >= 0.6 is 0 Å². The fourth-order valence-corrected chi connectivity index (χ4v) is 3.67. The lowest BCUT2D eigenvalue weighted by molar-refractivity contribution is 0.0933. The van der Waals surface area contributed by atoms with Crippen molar-refractivity contribution in [1.29, 1.82) is 0 Å². The highest BCUT2D eigenvalue weighted by atomic mass is 19.1. The number of aromatic nitrogens is 1. The predicted octanol–water partition coefficient (Wildman–Crippen LogP) is 3.97. The second-order valence-electron chi connectivity index (χ2n) is 6.83. The Morgan fingerprint density at radius 3 is 2.70 bits per heavy atom. The molecular weight excluding hydrogens is 343 g/mol. The van der Waals surface area contributed by atoms with E-state index in [1.54, 1.807) is 28.8 Å². The van der Waals surface area contributed by atoms with Gasteiger partial charge in [0.1, 0.15) is 17.7 Å². The Morgan fingerprint density at radius 2 is 1.93 bits per heavy atom. The van der Waals surface area contributed by atoms with Crippen LogP contribution < -0.4 is 10.1 Å². The number of nitrogens with one attached hydrogen (secondary N) is 1. The first-order chi connectivity index (χ1) is 13.0. The van der Waals surface area contributed by atoms with Crippen LogP contribution in [0, 0.1) is 19.7 Å². The van der Waals surface area contributed by atoms with E-state index in [-0.39, 0.29) is 17.8 Å². The molecule has 27 heavy (non-hydrogen) atoms. The Kier molecular flexibility index (Phi) is 4.44. The molecule has 1 unspecified atom stereocenters. The highest BCUT2D eigenvalue weighted by molar-refractivity contribution is 5.96. The number of hydrogen-bond acceptors (Lipinski definition) is 2. The second kappa shape index (κ2) is 6.91. The summed E-state index contributed by atoms with van der Waals surface area (Å²) in [4.78, 5) is 12.7. The molecule has 0 fully saturated rings. The molecule has 1 aromatic heterocycles. The number of ether oxygens (including phenoxy) is 1. The number of carbonyl (C=O) groups excluding carboxylic acids is 1. The van der Waals surface area contributed by atoms with Gasteiger partial charge in [-0.25, -0.2) is 4.39 Å². The van der Waals surface area contributed by atoms with Crippen LogP contribution in [-0.4, -0.2) is 23.1 Å². The maximum absolute atomic E-state index is 14.2. The van der Waals surface area contributed by atoms with Crippen LogP contribution in [0.4, 0.5) is 4.39 Å². The molecule has 3 aromatic rings. The van der Waals surface area contributed by atoms with Crippen molar-refractivity contribution in [3.05, 3.63) is 82.9 Å². The molecule has 0 bridgehead atoms. The van der Waals surface area contributed by atoms with Crippen LogP contribution in [0.3, 0.4) is 0 Å². The molecule has 1 amide bonds. The summed E-state index contributed by atoms with van der Waals surface area (Å²) in [5.74, 6) is 0.392. The van der Waals surface area contributed by atoms with Gasteiger partial charge in [0.05, 0.1) is 17.8 Å². The van der Waals surface area contributed by atoms with Gasteiger partial charge in [0.25, 0.3) is 5.91 Å². The number of nitrogens with zero attached hydrogens (tertiary/aromatic N) is 1. The molecule has 1 N–H and O–H groups in total. The largest absolute Gasteiger partial charge is 0.488 e. The van der Waals surface area contributed by atoms with Crippen molar-refractivity contribution in [3.8, 4) is 11.4 Å². The van der Waals surface area contributed by atoms with Crippen LogP contribution in [-0.2, 0) is 6.42 Å². The van der Waals surface area contributed by atoms with E-state index in [0.29, 0.717) is 23.5 Å². The van der Waals surface area contributed by atoms with Crippen LogP contribution in [0.25, 0.3) is 5.69 Å². The number of benzene rings is 2. The minimum atomic E-state index is -0.316. The molecular formula is C22H21FN2O2. The van der Waals surface area contributed by atoms with E-state index in [9.17, 15) is 9.18 Å². The Hall–Kier alpha value is -3.08. The molecule has 2 heterocycles. The minimum Gasteiger partial charge on any atom is -0.488 e. The first-order valence-corrected chi connectivity index (χ1v) is 9.01. The van der Waals surface area contributed by atoms with Crippen LogP contribution in [0.2, 0.25) is 0 Å². The molecule has 0 saturated carbocycles. The summed E-state index contributed by atoms with van der Waals surface area (Å²) in [7, 11) is 0. The average Bonchev–Trinajstić information content (AvgIpc) is 3.21. The van der Waals surface area contributed by atoms with Crippen molar-refractivity contribution >= 4 is 5.91 Å². The molecule has 1 aliphatic rings. The van der Waals surface area contributed by atoms with Gasteiger partial charge in [0.2, 0.25) is 0 Å². The molecule has 5 heteroatoms. The van der Waals surface area contributed by atoms with Crippen molar-refractivity contribution in [2.45, 2.75) is 26.4 Å². The number of halogens is 1. The van der Waals surface area contributed by atoms with Gasteiger partial charge in [0.15, 0.2) is 0 Å². The quantitative estimate of drug-likeness (QED) is 0.761. The number of para-hydroxylation sites is 2. The summed E-state index contributed by atoms with van der Waals surface area (Å²) in [5.41, 5.74) is 3.68. The third-order valence-electron chi connectivity index (χ3n) is 4.97. The van der Waals surface area contributed by atoms with Crippen LogP contribution in [0.15, 0.2) is 54.6 Å². The predicted molar refractivity (Wildman–Crippen MR) is 102 cm³/mol. The number of rotatable bonds is 4. The lowest BCUT2D eigenvalue weighted by Gasteiger charge is -2.13. The van der Waals surface area contributed by atoms with Crippen molar-refractivity contribution in [2.75, 3.05) is 6.54 Å². The number of fused-ring (bicyclic) bond motifs is 1. The van der Waals surface area contributed by atoms with Gasteiger partial charge in [-0.3, -0.25) is 4.79 Å². The summed E-state index contributed by atoms with van der Waals surface area (Å²) in [6.07, 6.45) is 0.714. The maximum atomic E-state index is 14.2. The Bertz CT molecular complexity index is 984. The number of carbonyl (C=O) groups is 1. The van der Waals surface area contributed by atoms with E-state index in [2.05, 4.69) is 5.32 Å². The van der Waals surface area contributed by atoms with E-state index < -0.39 is 0 Å². The van der Waals surface area contributed by atoms with Crippen molar-refractivity contribution < 1.29 is 13.9 Å². The zero-order chi connectivity index (χ0) is 19.0. The third kappa shape index (κ3) is 3.21. The average molecular weight is 364 g/mol. The lowest BCUT2D eigenvalue weighted by Crippen LogP contribution is -2.34. The molecule has 0 aliphatic carbocycles. The van der Waals surface area contributed by atoms with E-state index >= 15 is 0 Å². The van der Waals surface area contributed by atoms with Crippen LogP contribution in [0.5, 0.6) is 5.75 Å². The molecule has 0 spiro atoms. The van der Waals surface area contributed by atoms with Gasteiger partial charge >= 0.3 is 0 Å². The van der Waals surface area contributed by atoms with Gasteiger partial charge in [-0.05, 0) is 43.7 Å². The summed E-state index contributed by atoms with van der Waals surface area (Å²) in [5, 5.41) is 2.95. The van der Waals surface area contributed by atoms with Crippen molar-refractivity contribution in [1.82, 2.24) is 9.88 Å². The zero-order valence-electron chi connectivity index (χ0n) is 15.3. The van der Waals surface area contributed by atoms with Crippen molar-refractivity contribution in [3.63, 3.8) is 0 Å². The standard InChI is InChI=1S/C22H21FN2O2/c1-14-11-18(15(2)25(14)20-9-5-4-8-19(20)23)22(26)24-13-17-12-16-7-3-6-10-21(16)27-17/h3-11,17H,12-13H2,1-2H3,(H,24,26). The monoisotopic (exact) mass is 364 g/mol. The molecule has 138 valence electrons. The Morgan fingerprint density at radius 1 is 1.19 bits per heavy atom. The molecule has 1 aliphatic heterocycles. The summed E-state index contributed by atoms with van der Waals surface area (Å²) in [6.45, 7) is 4.13. The smallest absolute Gasteiger partial charge is 0.253 e. The van der Waals surface area contributed by atoms with E-state index in [0.717, 1.165) is 23.4 Å². The highest BCUT2D eigenvalue weighted by Gasteiger charge is 2.24. The summed E-state index contributed by atoms with van der Waals surface area (Å²) in [6, 6.07) is 16.3. The topological polar surface area (TPSA) is 43.3 Å². The lowest BCUT2D eigenvalue weighted by atomic mass is 10.1. The number of amides is 1. The van der Waals surface area contributed by atoms with Gasteiger partial charge in [-0.2, -0.15) is 0 Å². The zero-order valence-corrected chi connectivity index (χ0v) is 15.3. The minimum absolute atomic E-state index is 0.0681. The maximum Gasteiger partial charge on any atom is 0.253 e. The molecule has 2 aromatic carbocycles. The molecule has 4 nitrogen and oxygen atoms in total. The van der Waals surface area contributed by atoms with Gasteiger partial charge in [0, 0.05) is 17.8 Å². The summed E-state index contributed by atoms with van der Waals surface area (Å²) < 4.78 is 21.8. The second-order valence-corrected chi connectivity index (χ2v) is 6.83. The van der Waals surface area contributed by atoms with E-state index in [1.165, 1.54) is 6.07 Å². The number of hydrogen-bond donors (Lipinski definition) is 1. The summed E-state index contributed by atoms with van der Waals surface area (Å²) >= 11 is 0. The molecule has 0 saturated heterocycles. The fourth-order valence-electron chi connectivity index (χ4n) is 3.67. The molecule has 4 rings (SSSR count). The molecule has 1 atom stereocenters. The first-order valence-electron chi connectivity index (χ1n) is 9.01. The van der Waals surface area contributed by atoms with E-state index in [1.807, 2.05) is 38.1 Å². The Labute approximate surface area is 157 Å². The number of aryl methyl sites for hydroxylation is 1. The first kappa shape index (κ1) is 17.3. The SMILES string of the molecule is Cc1cc(C(=O)NCC2Cc3ccccc3O2)c(C)n1-c1ccccc1F. The van der Waals surface area contributed by atoms with Gasteiger partial charge < -0.3 is 14.6 Å². The Balaban J connectivity index is 1.49.